The predicted molar refractivity (Wildman–Crippen MR) is 101 cm³/mol. The first-order valence-electron chi connectivity index (χ1n) is 8.17. The number of aryl methyl sites for hydroxylation is 1. The molecular weight excluding hydrogens is 350 g/mol. The maximum absolute atomic E-state index is 6.51. The molecule has 2 aromatic carbocycles. The molecule has 0 saturated heterocycles. The van der Waals surface area contributed by atoms with Gasteiger partial charge in [0.25, 0.3) is 0 Å². The van der Waals surface area contributed by atoms with Crippen LogP contribution in [0.4, 0.5) is 0 Å². The third-order valence-electron chi connectivity index (χ3n) is 4.34. The summed E-state index contributed by atoms with van der Waals surface area (Å²) in [5.74, 6) is 1.36. The van der Waals surface area contributed by atoms with E-state index in [1.165, 1.54) is 12.7 Å². The number of aromatic nitrogens is 3. The number of methoxy groups -OCH3 is 1. The first-order valence-corrected chi connectivity index (χ1v) is 8.54. The van der Waals surface area contributed by atoms with Gasteiger partial charge in [-0.05, 0) is 36.2 Å². The molecule has 1 aromatic heterocycles. The molecule has 0 radical (unpaired) electrons. The summed E-state index contributed by atoms with van der Waals surface area (Å²) < 4.78 is 11.2. The van der Waals surface area contributed by atoms with Gasteiger partial charge in [-0.15, -0.1) is 0 Å². The summed E-state index contributed by atoms with van der Waals surface area (Å²) in [6, 6.07) is 12.1. The van der Waals surface area contributed by atoms with E-state index in [9.17, 15) is 0 Å². The van der Waals surface area contributed by atoms with E-state index < -0.39 is 0 Å². The second-order valence-corrected chi connectivity index (χ2v) is 6.91. The fraction of sp³-hybridized carbons (Fsp3) is 0.250. The summed E-state index contributed by atoms with van der Waals surface area (Å²) in [5, 5.41) is 0.516. The van der Waals surface area contributed by atoms with Crippen LogP contribution in [0.2, 0.25) is 5.02 Å². The Balaban J connectivity index is 2.09. The molecule has 6 heteroatoms. The average Bonchev–Trinajstić information content (AvgIpc) is 2.64. The van der Waals surface area contributed by atoms with Crippen LogP contribution in [0.25, 0.3) is 0 Å². The Morgan fingerprint density at radius 1 is 1.00 bits per heavy atom. The Morgan fingerprint density at radius 2 is 1.65 bits per heavy atom. The van der Waals surface area contributed by atoms with Gasteiger partial charge in [-0.2, -0.15) is 9.97 Å². The molecule has 1 heterocycles. The number of hydrogen-bond donors (Lipinski definition) is 0. The average molecular weight is 370 g/mol. The van der Waals surface area contributed by atoms with E-state index in [-0.39, 0.29) is 11.4 Å². The topological polar surface area (TPSA) is 57.1 Å². The molecule has 0 spiro atoms. The summed E-state index contributed by atoms with van der Waals surface area (Å²) >= 11 is 6.51. The lowest BCUT2D eigenvalue weighted by Crippen LogP contribution is -2.20. The van der Waals surface area contributed by atoms with Gasteiger partial charge in [-0.25, -0.2) is 4.98 Å². The van der Waals surface area contributed by atoms with Gasteiger partial charge in [0.05, 0.1) is 12.1 Å². The lowest BCUT2D eigenvalue weighted by molar-refractivity contribution is 0.413. The maximum Gasteiger partial charge on any atom is 0.324 e. The maximum atomic E-state index is 6.51. The zero-order valence-electron chi connectivity index (χ0n) is 15.2. The summed E-state index contributed by atoms with van der Waals surface area (Å²) in [7, 11) is 1.65. The van der Waals surface area contributed by atoms with E-state index in [4.69, 9.17) is 21.1 Å². The molecule has 0 aliphatic rings. The molecule has 3 rings (SSSR count). The third kappa shape index (κ3) is 3.63. The van der Waals surface area contributed by atoms with E-state index in [2.05, 4.69) is 34.9 Å². The van der Waals surface area contributed by atoms with Crippen LogP contribution < -0.4 is 9.47 Å². The molecule has 0 N–H and O–H groups in total. The zero-order valence-corrected chi connectivity index (χ0v) is 15.9. The van der Waals surface area contributed by atoms with Crippen molar-refractivity contribution in [1.82, 2.24) is 15.0 Å². The van der Waals surface area contributed by atoms with Crippen LogP contribution in [0.3, 0.4) is 0 Å². The highest BCUT2D eigenvalue weighted by molar-refractivity contribution is 6.32. The minimum atomic E-state index is -0.357. The highest BCUT2D eigenvalue weighted by atomic mass is 35.5. The van der Waals surface area contributed by atoms with Crippen LogP contribution in [0.1, 0.15) is 30.5 Å². The Labute approximate surface area is 158 Å². The van der Waals surface area contributed by atoms with Crippen molar-refractivity contribution in [3.05, 3.63) is 70.8 Å². The van der Waals surface area contributed by atoms with Crippen molar-refractivity contribution < 1.29 is 9.47 Å². The van der Waals surface area contributed by atoms with Crippen LogP contribution in [-0.4, -0.2) is 22.1 Å². The van der Waals surface area contributed by atoms with E-state index in [1.807, 2.05) is 37.3 Å². The molecule has 3 aromatic rings. The fourth-order valence-electron chi connectivity index (χ4n) is 2.83. The summed E-state index contributed by atoms with van der Waals surface area (Å²) in [6.45, 7) is 6.26. The number of rotatable bonds is 5. The third-order valence-corrected chi connectivity index (χ3v) is 4.62. The minimum Gasteiger partial charge on any atom is -0.497 e. The second-order valence-electron chi connectivity index (χ2n) is 6.50. The van der Waals surface area contributed by atoms with Crippen LogP contribution in [-0.2, 0) is 5.41 Å². The van der Waals surface area contributed by atoms with Gasteiger partial charge in [0.2, 0.25) is 0 Å². The molecule has 0 bridgehead atoms. The van der Waals surface area contributed by atoms with Crippen molar-refractivity contribution >= 4 is 11.6 Å². The van der Waals surface area contributed by atoms with E-state index in [0.29, 0.717) is 10.8 Å². The second kappa shape index (κ2) is 7.30. The van der Waals surface area contributed by atoms with Gasteiger partial charge < -0.3 is 9.47 Å². The van der Waals surface area contributed by atoms with Crippen LogP contribution in [0.5, 0.6) is 17.5 Å². The monoisotopic (exact) mass is 369 g/mol. The molecule has 0 amide bonds. The Morgan fingerprint density at radius 3 is 2.27 bits per heavy atom. The fourth-order valence-corrected chi connectivity index (χ4v) is 3.15. The van der Waals surface area contributed by atoms with Gasteiger partial charge in [0, 0.05) is 11.0 Å². The molecule has 134 valence electrons. The van der Waals surface area contributed by atoms with Gasteiger partial charge in [-0.1, -0.05) is 43.6 Å². The van der Waals surface area contributed by atoms with Crippen LogP contribution in [0, 0.1) is 6.92 Å². The number of hydrogen-bond acceptors (Lipinski definition) is 5. The first-order chi connectivity index (χ1) is 12.4. The molecule has 0 saturated carbocycles. The van der Waals surface area contributed by atoms with Crippen molar-refractivity contribution in [3.63, 3.8) is 0 Å². The van der Waals surface area contributed by atoms with Crippen molar-refractivity contribution in [1.29, 1.82) is 0 Å². The smallest absolute Gasteiger partial charge is 0.324 e. The van der Waals surface area contributed by atoms with E-state index in [0.717, 1.165) is 22.4 Å². The number of halogens is 1. The Kier molecular flexibility index (Phi) is 5.09. The lowest BCUT2D eigenvalue weighted by Gasteiger charge is -2.29. The van der Waals surface area contributed by atoms with Crippen LogP contribution in [0.15, 0.2) is 49.1 Å². The molecule has 0 fully saturated rings. The Bertz CT molecular complexity index is 897. The number of ether oxygens (including phenoxy) is 2. The van der Waals surface area contributed by atoms with Gasteiger partial charge in [0.1, 0.15) is 18.4 Å². The summed E-state index contributed by atoms with van der Waals surface area (Å²) in [6.07, 6.45) is 2.78. The largest absolute Gasteiger partial charge is 0.497 e. The lowest BCUT2D eigenvalue weighted by atomic mass is 9.77. The molecule has 0 atom stereocenters. The van der Waals surface area contributed by atoms with E-state index in [1.54, 1.807) is 7.11 Å². The molecule has 0 aliphatic heterocycles. The highest BCUT2D eigenvalue weighted by Gasteiger charge is 2.29. The SMILES string of the molecule is COc1ccc(C(C)(C)c2cc(C)cc(Cl)c2Oc2ncncn2)cc1. The molecule has 0 aliphatic carbocycles. The minimum absolute atomic E-state index is 0.206. The predicted octanol–water partition coefficient (Wildman–Crippen LogP) is 4.96. The normalized spacial score (nSPS) is 11.3. The number of nitrogens with zero attached hydrogens (tertiary/aromatic N) is 3. The van der Waals surface area contributed by atoms with Crippen LogP contribution >= 0.6 is 11.6 Å². The van der Waals surface area contributed by atoms with E-state index >= 15 is 0 Å². The van der Waals surface area contributed by atoms with Gasteiger partial charge in [0.15, 0.2) is 5.75 Å². The first kappa shape index (κ1) is 18.1. The standard InChI is InChI=1S/C20H20ClN3O2/c1-13-9-16(20(2,3)14-5-7-15(25-4)8-6-14)18(17(21)10-13)26-19-23-11-22-12-24-19/h5-12H,1-4H3. The zero-order chi connectivity index (χ0) is 18.7. The molecular formula is C20H20ClN3O2. The molecule has 5 nitrogen and oxygen atoms in total. The number of benzene rings is 2. The van der Waals surface area contributed by atoms with Gasteiger partial charge in [-0.3, -0.25) is 0 Å². The highest BCUT2D eigenvalue weighted by Crippen LogP contribution is 2.43. The summed E-state index contributed by atoms with van der Waals surface area (Å²) in [4.78, 5) is 11.9. The Hall–Kier alpha value is -2.66. The van der Waals surface area contributed by atoms with Crippen molar-refractivity contribution in [2.75, 3.05) is 7.11 Å². The van der Waals surface area contributed by atoms with Crippen molar-refractivity contribution in [3.8, 4) is 17.5 Å². The molecule has 0 unspecified atom stereocenters. The van der Waals surface area contributed by atoms with Crippen molar-refractivity contribution in [2.45, 2.75) is 26.2 Å². The van der Waals surface area contributed by atoms with Crippen molar-refractivity contribution in [2.24, 2.45) is 0 Å². The quantitative estimate of drug-likeness (QED) is 0.636. The molecule has 26 heavy (non-hydrogen) atoms. The summed E-state index contributed by atoms with van der Waals surface area (Å²) in [5.41, 5.74) is 2.76. The van der Waals surface area contributed by atoms with Gasteiger partial charge >= 0.3 is 6.01 Å².